The summed E-state index contributed by atoms with van der Waals surface area (Å²) in [5, 5.41) is 0. The third-order valence-corrected chi connectivity index (χ3v) is 6.47. The van der Waals surface area contributed by atoms with Gasteiger partial charge in [0, 0.05) is 31.7 Å². The second kappa shape index (κ2) is 10.1. The third-order valence-electron chi connectivity index (χ3n) is 6.47. The first kappa shape index (κ1) is 21.6. The van der Waals surface area contributed by atoms with Crippen LogP contribution in [0.3, 0.4) is 0 Å². The van der Waals surface area contributed by atoms with E-state index >= 15 is 0 Å². The number of carbonyl (C=O) groups is 2. The molecule has 0 radical (unpaired) electrons. The van der Waals surface area contributed by atoms with Crippen LogP contribution in [-0.2, 0) is 4.79 Å². The molecule has 0 saturated carbocycles. The second-order valence-electron chi connectivity index (χ2n) is 8.57. The van der Waals surface area contributed by atoms with Crippen molar-refractivity contribution < 1.29 is 14.3 Å². The van der Waals surface area contributed by atoms with Crippen molar-refractivity contribution >= 4 is 11.8 Å². The maximum atomic E-state index is 12.9. The first-order valence-corrected chi connectivity index (χ1v) is 10.9. The average molecular weight is 402 g/mol. The summed E-state index contributed by atoms with van der Waals surface area (Å²) in [6.45, 7) is 6.40. The van der Waals surface area contributed by atoms with Crippen LogP contribution in [0.2, 0.25) is 0 Å². The molecule has 1 aromatic rings. The molecule has 0 unspecified atom stereocenters. The summed E-state index contributed by atoms with van der Waals surface area (Å²) >= 11 is 0. The molecule has 6 nitrogen and oxygen atoms in total. The molecule has 2 fully saturated rings. The topological polar surface area (TPSA) is 53.1 Å². The van der Waals surface area contributed by atoms with Crippen molar-refractivity contribution in [3.8, 4) is 5.75 Å². The van der Waals surface area contributed by atoms with E-state index in [9.17, 15) is 9.59 Å². The number of nitrogens with zero attached hydrogens (tertiary/aromatic N) is 3. The summed E-state index contributed by atoms with van der Waals surface area (Å²) in [7, 11) is 3.48. The Morgan fingerprint density at radius 2 is 1.86 bits per heavy atom. The van der Waals surface area contributed by atoms with Crippen LogP contribution < -0.4 is 4.74 Å². The number of carbonyl (C=O) groups excluding carboxylic acids is 2. The highest BCUT2D eigenvalue weighted by molar-refractivity contribution is 5.94. The first-order valence-electron chi connectivity index (χ1n) is 10.9. The predicted molar refractivity (Wildman–Crippen MR) is 114 cm³/mol. The van der Waals surface area contributed by atoms with Crippen molar-refractivity contribution in [3.63, 3.8) is 0 Å². The zero-order valence-electron chi connectivity index (χ0n) is 18.1. The Kier molecular flexibility index (Phi) is 7.53. The van der Waals surface area contributed by atoms with Gasteiger partial charge in [-0.2, -0.15) is 0 Å². The SMILES string of the molecule is COc1cccc(C(=O)N(C)[C@@H]2CCCN(C(=O)CN3CCC(C)CC3)CC2)c1. The number of rotatable bonds is 5. The number of amides is 2. The van der Waals surface area contributed by atoms with E-state index in [-0.39, 0.29) is 17.9 Å². The normalized spacial score (nSPS) is 21.5. The van der Waals surface area contributed by atoms with Crippen LogP contribution in [0.1, 0.15) is 49.4 Å². The van der Waals surface area contributed by atoms with Crippen LogP contribution in [-0.4, -0.2) is 79.4 Å². The van der Waals surface area contributed by atoms with Gasteiger partial charge >= 0.3 is 0 Å². The van der Waals surface area contributed by atoms with E-state index in [1.54, 1.807) is 13.2 Å². The highest BCUT2D eigenvalue weighted by atomic mass is 16.5. The molecule has 0 spiro atoms. The minimum Gasteiger partial charge on any atom is -0.497 e. The molecule has 2 amide bonds. The molecule has 0 N–H and O–H groups in total. The standard InChI is InChI=1S/C23H35N3O3/c1-18-9-13-25(14-10-18)17-22(27)26-12-5-7-20(11-15-26)24(2)23(28)19-6-4-8-21(16-19)29-3/h4,6,8,16,18,20H,5,7,9-15,17H2,1-3H3/t20-/m1/s1. The van der Waals surface area contributed by atoms with E-state index in [1.165, 1.54) is 12.8 Å². The quantitative estimate of drug-likeness (QED) is 0.761. The Balaban J connectivity index is 1.53. The molecule has 0 aliphatic carbocycles. The monoisotopic (exact) mass is 401 g/mol. The molecule has 6 heteroatoms. The van der Waals surface area contributed by atoms with Crippen molar-refractivity contribution in [2.24, 2.45) is 5.92 Å². The van der Waals surface area contributed by atoms with Crippen LogP contribution in [0.25, 0.3) is 0 Å². The first-order chi connectivity index (χ1) is 14.0. The average Bonchev–Trinajstić information content (AvgIpc) is 3.00. The van der Waals surface area contributed by atoms with Crippen LogP contribution in [0, 0.1) is 5.92 Å². The van der Waals surface area contributed by atoms with E-state index in [0.29, 0.717) is 17.9 Å². The number of hydrogen-bond donors (Lipinski definition) is 0. The molecule has 1 atom stereocenters. The van der Waals surface area contributed by atoms with Crippen LogP contribution in [0.5, 0.6) is 5.75 Å². The minimum atomic E-state index is 0.0103. The summed E-state index contributed by atoms with van der Waals surface area (Å²) in [6.07, 6.45) is 5.06. The fraction of sp³-hybridized carbons (Fsp3) is 0.652. The molecule has 3 rings (SSSR count). The summed E-state index contributed by atoms with van der Waals surface area (Å²) in [5.41, 5.74) is 0.642. The molecular formula is C23H35N3O3. The number of piperidine rings is 1. The van der Waals surface area contributed by atoms with Gasteiger partial charge in [0.05, 0.1) is 13.7 Å². The Morgan fingerprint density at radius 1 is 1.10 bits per heavy atom. The Hall–Kier alpha value is -2.08. The molecule has 2 aliphatic heterocycles. The fourth-order valence-electron chi connectivity index (χ4n) is 4.35. The van der Waals surface area contributed by atoms with Crippen molar-refractivity contribution in [2.75, 3.05) is 46.9 Å². The number of likely N-dealkylation sites (tertiary alicyclic amines) is 2. The van der Waals surface area contributed by atoms with Crippen LogP contribution in [0.4, 0.5) is 0 Å². The highest BCUT2D eigenvalue weighted by Gasteiger charge is 2.27. The minimum absolute atomic E-state index is 0.0103. The lowest BCUT2D eigenvalue weighted by Gasteiger charge is -2.32. The van der Waals surface area contributed by atoms with E-state index in [0.717, 1.165) is 51.4 Å². The molecule has 2 saturated heterocycles. The lowest BCUT2D eigenvalue weighted by molar-refractivity contribution is -0.132. The van der Waals surface area contributed by atoms with E-state index < -0.39 is 0 Å². The second-order valence-corrected chi connectivity index (χ2v) is 8.57. The van der Waals surface area contributed by atoms with Gasteiger partial charge in [-0.15, -0.1) is 0 Å². The largest absolute Gasteiger partial charge is 0.497 e. The Labute approximate surface area is 174 Å². The van der Waals surface area contributed by atoms with Crippen molar-refractivity contribution in [3.05, 3.63) is 29.8 Å². The number of ether oxygens (including phenoxy) is 1. The van der Waals surface area contributed by atoms with E-state index in [2.05, 4.69) is 11.8 Å². The summed E-state index contributed by atoms with van der Waals surface area (Å²) in [6, 6.07) is 7.45. The lowest BCUT2D eigenvalue weighted by Crippen LogP contribution is -2.44. The number of methoxy groups -OCH3 is 1. The predicted octanol–water partition coefficient (Wildman–Crippen LogP) is 2.88. The molecule has 29 heavy (non-hydrogen) atoms. The maximum absolute atomic E-state index is 12.9. The van der Waals surface area contributed by atoms with Crippen LogP contribution >= 0.6 is 0 Å². The van der Waals surface area contributed by atoms with E-state index in [4.69, 9.17) is 4.74 Å². The lowest BCUT2D eigenvalue weighted by atomic mass is 9.99. The van der Waals surface area contributed by atoms with Gasteiger partial charge in [-0.1, -0.05) is 13.0 Å². The molecular weight excluding hydrogens is 366 g/mol. The van der Waals surface area contributed by atoms with Gasteiger partial charge in [-0.25, -0.2) is 0 Å². The fourth-order valence-corrected chi connectivity index (χ4v) is 4.35. The van der Waals surface area contributed by atoms with Gasteiger partial charge < -0.3 is 14.5 Å². The van der Waals surface area contributed by atoms with Gasteiger partial charge in [0.2, 0.25) is 5.91 Å². The molecule has 2 aliphatic rings. The zero-order valence-corrected chi connectivity index (χ0v) is 18.1. The summed E-state index contributed by atoms with van der Waals surface area (Å²) in [5.74, 6) is 1.71. The Bertz CT molecular complexity index is 700. The van der Waals surface area contributed by atoms with Crippen molar-refractivity contribution in [1.82, 2.24) is 14.7 Å². The van der Waals surface area contributed by atoms with E-state index in [1.807, 2.05) is 35.0 Å². The van der Waals surface area contributed by atoms with Crippen molar-refractivity contribution in [2.45, 2.75) is 45.1 Å². The van der Waals surface area contributed by atoms with Crippen molar-refractivity contribution in [1.29, 1.82) is 0 Å². The van der Waals surface area contributed by atoms with Gasteiger partial charge in [0.15, 0.2) is 0 Å². The smallest absolute Gasteiger partial charge is 0.253 e. The number of hydrogen-bond acceptors (Lipinski definition) is 4. The Morgan fingerprint density at radius 3 is 2.59 bits per heavy atom. The number of benzene rings is 1. The molecule has 0 bridgehead atoms. The molecule has 160 valence electrons. The third kappa shape index (κ3) is 5.72. The highest BCUT2D eigenvalue weighted by Crippen LogP contribution is 2.21. The molecule has 0 aromatic heterocycles. The summed E-state index contributed by atoms with van der Waals surface area (Å²) < 4.78 is 5.24. The van der Waals surface area contributed by atoms with Crippen LogP contribution in [0.15, 0.2) is 24.3 Å². The van der Waals surface area contributed by atoms with Gasteiger partial charge in [-0.05, 0) is 69.3 Å². The van der Waals surface area contributed by atoms with Gasteiger partial charge in [-0.3, -0.25) is 14.5 Å². The molecule has 2 heterocycles. The molecule has 1 aromatic carbocycles. The summed E-state index contributed by atoms with van der Waals surface area (Å²) in [4.78, 5) is 31.8. The van der Waals surface area contributed by atoms with Gasteiger partial charge in [0.1, 0.15) is 5.75 Å². The zero-order chi connectivity index (χ0) is 20.8. The van der Waals surface area contributed by atoms with Gasteiger partial charge in [0.25, 0.3) is 5.91 Å². The maximum Gasteiger partial charge on any atom is 0.253 e.